The van der Waals surface area contributed by atoms with Crippen LogP contribution in [0.25, 0.3) is 42.4 Å². The molecule has 42 heavy (non-hydrogen) atoms. The van der Waals surface area contributed by atoms with E-state index in [0.29, 0.717) is 0 Å². The van der Waals surface area contributed by atoms with Gasteiger partial charge in [-0.15, -0.1) is 33.8 Å². The van der Waals surface area contributed by atoms with Gasteiger partial charge in [-0.1, -0.05) is 89.8 Å². The molecular weight excluding hydrogens is 577 g/mol. The van der Waals surface area contributed by atoms with Crippen LogP contribution in [0, 0.1) is 22.9 Å². The molecule has 0 spiro atoms. The molecule has 0 aliphatic heterocycles. The zero-order valence-electron chi connectivity index (χ0n) is 26.0. The fourth-order valence-electron chi connectivity index (χ4n) is 6.11. The van der Waals surface area contributed by atoms with Crippen molar-refractivity contribution in [3.05, 3.63) is 82.6 Å². The highest BCUT2D eigenvalue weighted by Crippen LogP contribution is 2.39. The summed E-state index contributed by atoms with van der Waals surface area (Å²) in [6.07, 6.45) is 0. The third-order valence-corrected chi connectivity index (χ3v) is 21.0. The number of rotatable bonds is 8. The van der Waals surface area contributed by atoms with Crippen LogP contribution in [0.1, 0.15) is 52.7 Å². The third kappa shape index (κ3) is 5.84. The SMILES string of the molecule is CC[Si](C#Cc1c2ccc(-c3cccs3)cc2c(C#C[Si](CC)(CC)CC)c2ccc(-c3cccs3)cc12)(CC)CC. The Hall–Kier alpha value is -2.87. The molecule has 0 N–H and O–H groups in total. The molecule has 5 rings (SSSR count). The van der Waals surface area contributed by atoms with Crippen LogP contribution in [0.2, 0.25) is 36.3 Å². The number of hydrogen-bond donors (Lipinski definition) is 0. The van der Waals surface area contributed by atoms with Crippen LogP contribution in [-0.2, 0) is 0 Å². The first-order chi connectivity index (χ1) is 20.5. The third-order valence-electron chi connectivity index (χ3n) is 9.69. The predicted octanol–water partition coefficient (Wildman–Crippen LogP) is 12.2. The van der Waals surface area contributed by atoms with Crippen molar-refractivity contribution in [2.24, 2.45) is 0 Å². The fraction of sp³-hybridized carbons (Fsp3) is 0.316. The lowest BCUT2D eigenvalue weighted by atomic mass is 9.90. The summed E-state index contributed by atoms with van der Waals surface area (Å²) in [5, 5.41) is 9.31. The second kappa shape index (κ2) is 13.2. The fourth-order valence-corrected chi connectivity index (χ4v) is 12.4. The second-order valence-corrected chi connectivity index (χ2v) is 23.2. The molecule has 0 bridgehead atoms. The van der Waals surface area contributed by atoms with Gasteiger partial charge in [0, 0.05) is 20.9 Å². The molecule has 4 heteroatoms. The van der Waals surface area contributed by atoms with Gasteiger partial charge in [-0.25, -0.2) is 0 Å². The molecule has 0 amide bonds. The molecule has 0 aliphatic rings. The van der Waals surface area contributed by atoms with E-state index in [1.807, 2.05) is 0 Å². The van der Waals surface area contributed by atoms with Crippen molar-refractivity contribution < 1.29 is 0 Å². The summed E-state index contributed by atoms with van der Waals surface area (Å²) >= 11 is 3.60. The Labute approximate surface area is 263 Å². The lowest BCUT2D eigenvalue weighted by Crippen LogP contribution is -2.29. The molecule has 0 fully saturated rings. The summed E-state index contributed by atoms with van der Waals surface area (Å²) < 4.78 is 0. The van der Waals surface area contributed by atoms with Gasteiger partial charge in [-0.2, -0.15) is 0 Å². The molecule has 2 aromatic heterocycles. The maximum atomic E-state index is 3.95. The number of fused-ring (bicyclic) bond motifs is 2. The quantitative estimate of drug-likeness (QED) is 0.0922. The van der Waals surface area contributed by atoms with Crippen molar-refractivity contribution >= 4 is 60.4 Å². The normalized spacial score (nSPS) is 11.8. The maximum Gasteiger partial charge on any atom is 0.138 e. The molecule has 0 aliphatic carbocycles. The van der Waals surface area contributed by atoms with Gasteiger partial charge in [0.05, 0.1) is 0 Å². The molecule has 0 saturated carbocycles. The molecule has 5 aromatic rings. The predicted molar refractivity (Wildman–Crippen MR) is 196 cm³/mol. The van der Waals surface area contributed by atoms with Crippen LogP contribution < -0.4 is 0 Å². The minimum Gasteiger partial charge on any atom is -0.144 e. The Morgan fingerprint density at radius 3 is 1.19 bits per heavy atom. The van der Waals surface area contributed by atoms with Crippen molar-refractivity contribution in [3.63, 3.8) is 0 Å². The second-order valence-electron chi connectivity index (χ2n) is 11.4. The summed E-state index contributed by atoms with van der Waals surface area (Å²) in [6.45, 7) is 14.1. The Morgan fingerprint density at radius 2 is 0.881 bits per heavy atom. The summed E-state index contributed by atoms with van der Waals surface area (Å²) in [6, 6.07) is 29.9. The summed E-state index contributed by atoms with van der Waals surface area (Å²) in [5.41, 5.74) is 12.8. The van der Waals surface area contributed by atoms with Crippen molar-refractivity contribution in [2.75, 3.05) is 0 Å². The highest BCUT2D eigenvalue weighted by molar-refractivity contribution is 7.13. The van der Waals surface area contributed by atoms with E-state index in [1.165, 1.54) is 89.8 Å². The molecule has 0 radical (unpaired) electrons. The highest BCUT2D eigenvalue weighted by atomic mass is 32.1. The largest absolute Gasteiger partial charge is 0.144 e. The smallest absolute Gasteiger partial charge is 0.138 e. The van der Waals surface area contributed by atoms with Gasteiger partial charge in [-0.05, 0) is 104 Å². The van der Waals surface area contributed by atoms with Gasteiger partial charge in [0.15, 0.2) is 0 Å². The molecule has 0 saturated heterocycles. The Bertz CT molecular complexity index is 1650. The van der Waals surface area contributed by atoms with Gasteiger partial charge in [-0.3, -0.25) is 0 Å². The maximum absolute atomic E-state index is 3.95. The number of benzene rings is 3. The lowest BCUT2D eigenvalue weighted by Gasteiger charge is -2.21. The molecule has 0 nitrogen and oxygen atoms in total. The topological polar surface area (TPSA) is 0 Å². The Kier molecular flexibility index (Phi) is 9.61. The van der Waals surface area contributed by atoms with Crippen molar-refractivity contribution in [3.8, 4) is 43.8 Å². The van der Waals surface area contributed by atoms with Crippen molar-refractivity contribution in [1.82, 2.24) is 0 Å². The van der Waals surface area contributed by atoms with Crippen LogP contribution >= 0.6 is 22.7 Å². The first-order valence-corrected chi connectivity index (χ1v) is 22.6. The Balaban J connectivity index is 1.91. The zero-order chi connectivity index (χ0) is 29.7. The van der Waals surface area contributed by atoms with Crippen LogP contribution in [0.3, 0.4) is 0 Å². The standard InChI is InChI=1S/C38H42S2Si2/c1-7-41(8-2,9-3)25-21-33-31-19-17-30(38-16-14-24-40-38)28-36(31)34(22-26-42(10-4,11-5)12-6)32-20-18-29(27-35(32)33)37-15-13-23-39-37/h13-20,23-24,27-28H,7-12H2,1-6H3. The van der Waals surface area contributed by atoms with Gasteiger partial charge in [0.1, 0.15) is 16.1 Å². The van der Waals surface area contributed by atoms with Gasteiger partial charge < -0.3 is 0 Å². The minimum absolute atomic E-state index is 1.18. The average molecular weight is 619 g/mol. The van der Waals surface area contributed by atoms with Crippen LogP contribution in [0.15, 0.2) is 71.4 Å². The van der Waals surface area contributed by atoms with E-state index in [4.69, 9.17) is 0 Å². The highest BCUT2D eigenvalue weighted by Gasteiger charge is 2.26. The zero-order valence-corrected chi connectivity index (χ0v) is 29.6. The van der Waals surface area contributed by atoms with Crippen molar-refractivity contribution in [1.29, 1.82) is 0 Å². The van der Waals surface area contributed by atoms with Gasteiger partial charge >= 0.3 is 0 Å². The number of hydrogen-bond acceptors (Lipinski definition) is 2. The van der Waals surface area contributed by atoms with E-state index in [1.54, 1.807) is 22.7 Å². The van der Waals surface area contributed by atoms with Crippen LogP contribution in [-0.4, -0.2) is 16.1 Å². The lowest BCUT2D eigenvalue weighted by molar-refractivity contribution is 1.20. The van der Waals surface area contributed by atoms with E-state index >= 15 is 0 Å². The molecule has 3 aromatic carbocycles. The summed E-state index contributed by atoms with van der Waals surface area (Å²) in [7, 11) is -3.29. The van der Waals surface area contributed by atoms with Gasteiger partial charge in [0.25, 0.3) is 0 Å². The molecule has 0 unspecified atom stereocenters. The molecule has 2 heterocycles. The van der Waals surface area contributed by atoms with E-state index < -0.39 is 16.1 Å². The summed E-state index contributed by atoms with van der Waals surface area (Å²) in [4.78, 5) is 2.59. The first-order valence-electron chi connectivity index (χ1n) is 15.6. The first kappa shape index (κ1) is 30.6. The van der Waals surface area contributed by atoms with Crippen molar-refractivity contribution in [2.45, 2.75) is 77.8 Å². The van der Waals surface area contributed by atoms with E-state index in [2.05, 4.69) is 136 Å². The number of thiophene rings is 2. The molecule has 0 atom stereocenters. The average Bonchev–Trinajstić information content (AvgIpc) is 3.78. The monoisotopic (exact) mass is 618 g/mol. The molecular formula is C38H42S2Si2. The van der Waals surface area contributed by atoms with E-state index in [0.717, 1.165) is 0 Å². The summed E-state index contributed by atoms with van der Waals surface area (Å²) in [5.74, 6) is 7.72. The van der Waals surface area contributed by atoms with Crippen LogP contribution in [0.4, 0.5) is 0 Å². The van der Waals surface area contributed by atoms with E-state index in [9.17, 15) is 0 Å². The van der Waals surface area contributed by atoms with Crippen LogP contribution in [0.5, 0.6) is 0 Å². The minimum atomic E-state index is -1.64. The van der Waals surface area contributed by atoms with E-state index in [-0.39, 0.29) is 0 Å². The Morgan fingerprint density at radius 1 is 0.500 bits per heavy atom. The van der Waals surface area contributed by atoms with Gasteiger partial charge in [0.2, 0.25) is 0 Å². The molecule has 214 valence electrons.